The molecule has 2 unspecified atom stereocenters. The molecule has 28 heavy (non-hydrogen) atoms. The molecule has 2 heterocycles. The van der Waals surface area contributed by atoms with Gasteiger partial charge in [0, 0.05) is 26.2 Å². The lowest BCUT2D eigenvalue weighted by molar-refractivity contribution is -0.0367. The van der Waals surface area contributed by atoms with Gasteiger partial charge in [-0.25, -0.2) is 4.39 Å². The average molecular weight is 394 g/mol. The molecule has 2 atom stereocenters. The van der Waals surface area contributed by atoms with Gasteiger partial charge >= 0.3 is 0 Å². The average Bonchev–Trinajstić information content (AvgIpc) is 3.24. The van der Waals surface area contributed by atoms with Crippen LogP contribution in [0.2, 0.25) is 0 Å². The lowest BCUT2D eigenvalue weighted by Crippen LogP contribution is -2.47. The number of nitrogens with zero attached hydrogens (tertiary/aromatic N) is 2. The van der Waals surface area contributed by atoms with Crippen LogP contribution in [0.3, 0.4) is 0 Å². The minimum atomic E-state index is -0.749. The van der Waals surface area contributed by atoms with E-state index in [4.69, 9.17) is 9.47 Å². The Hall–Kier alpha value is -1.70. The van der Waals surface area contributed by atoms with Crippen LogP contribution in [0.25, 0.3) is 0 Å². The first kappa shape index (κ1) is 21.0. The van der Waals surface area contributed by atoms with Gasteiger partial charge in [0.15, 0.2) is 5.96 Å². The molecule has 7 heteroatoms. The Kier molecular flexibility index (Phi) is 8.06. The van der Waals surface area contributed by atoms with Crippen LogP contribution >= 0.6 is 0 Å². The smallest absolute Gasteiger partial charge is 0.194 e. The SMILES string of the molecule is CCNC(=NCC(O)c1ccc(F)cc1)N1CCC(OCC2CCCO2)CC1. The van der Waals surface area contributed by atoms with Gasteiger partial charge in [0.1, 0.15) is 5.82 Å². The second-order valence-corrected chi connectivity index (χ2v) is 7.42. The lowest BCUT2D eigenvalue weighted by Gasteiger charge is -2.34. The number of ether oxygens (including phenoxy) is 2. The van der Waals surface area contributed by atoms with Crippen molar-refractivity contribution in [2.75, 3.05) is 39.4 Å². The summed E-state index contributed by atoms with van der Waals surface area (Å²) in [6.45, 7) is 6.33. The molecule has 0 aliphatic carbocycles. The molecular weight excluding hydrogens is 361 g/mol. The fourth-order valence-electron chi connectivity index (χ4n) is 3.64. The van der Waals surface area contributed by atoms with Crippen molar-refractivity contribution in [1.82, 2.24) is 10.2 Å². The van der Waals surface area contributed by atoms with Gasteiger partial charge in [-0.05, 0) is 50.3 Å². The van der Waals surface area contributed by atoms with E-state index in [9.17, 15) is 9.50 Å². The van der Waals surface area contributed by atoms with Crippen molar-refractivity contribution in [3.63, 3.8) is 0 Å². The fraction of sp³-hybridized carbons (Fsp3) is 0.667. The predicted molar refractivity (Wildman–Crippen MR) is 107 cm³/mol. The Bertz CT molecular complexity index is 612. The quantitative estimate of drug-likeness (QED) is 0.550. The van der Waals surface area contributed by atoms with E-state index < -0.39 is 6.10 Å². The van der Waals surface area contributed by atoms with Gasteiger partial charge in [-0.3, -0.25) is 4.99 Å². The van der Waals surface area contributed by atoms with Gasteiger partial charge in [-0.1, -0.05) is 12.1 Å². The van der Waals surface area contributed by atoms with Crippen LogP contribution in [0.4, 0.5) is 4.39 Å². The van der Waals surface area contributed by atoms with Crippen molar-refractivity contribution in [2.45, 2.75) is 50.9 Å². The topological polar surface area (TPSA) is 66.3 Å². The van der Waals surface area contributed by atoms with Crippen molar-refractivity contribution in [3.8, 4) is 0 Å². The van der Waals surface area contributed by atoms with E-state index in [0.717, 1.165) is 57.9 Å². The van der Waals surface area contributed by atoms with Crippen LogP contribution in [0.5, 0.6) is 0 Å². The molecule has 2 fully saturated rings. The van der Waals surface area contributed by atoms with Crippen molar-refractivity contribution in [3.05, 3.63) is 35.6 Å². The predicted octanol–water partition coefficient (Wildman–Crippen LogP) is 2.48. The first-order valence-corrected chi connectivity index (χ1v) is 10.4. The number of piperidine rings is 1. The number of hydrogen-bond acceptors (Lipinski definition) is 4. The monoisotopic (exact) mass is 393 g/mol. The molecular formula is C21H32FN3O3. The zero-order chi connectivity index (χ0) is 19.8. The van der Waals surface area contributed by atoms with E-state index >= 15 is 0 Å². The summed E-state index contributed by atoms with van der Waals surface area (Å²) in [6.07, 6.45) is 3.94. The summed E-state index contributed by atoms with van der Waals surface area (Å²) in [5, 5.41) is 13.6. The first-order valence-electron chi connectivity index (χ1n) is 10.4. The number of guanidine groups is 1. The van der Waals surface area contributed by atoms with Crippen LogP contribution < -0.4 is 5.32 Å². The van der Waals surface area contributed by atoms with E-state index in [2.05, 4.69) is 15.2 Å². The normalized spacial score (nSPS) is 22.5. The van der Waals surface area contributed by atoms with Crippen LogP contribution in [-0.2, 0) is 9.47 Å². The molecule has 2 saturated heterocycles. The number of aliphatic imine (C=N–C) groups is 1. The summed E-state index contributed by atoms with van der Waals surface area (Å²) in [4.78, 5) is 6.81. The molecule has 2 aliphatic rings. The molecule has 0 bridgehead atoms. The highest BCUT2D eigenvalue weighted by Gasteiger charge is 2.24. The van der Waals surface area contributed by atoms with E-state index in [0.29, 0.717) is 12.2 Å². The van der Waals surface area contributed by atoms with Crippen LogP contribution in [0.1, 0.15) is 44.3 Å². The standard InChI is InChI=1S/C21H32FN3O3/c1-2-23-21(24-14-20(26)16-5-7-17(22)8-6-16)25-11-9-18(10-12-25)28-15-19-4-3-13-27-19/h5-8,18-20,26H,2-4,9-15H2,1H3,(H,23,24). The summed E-state index contributed by atoms with van der Waals surface area (Å²) < 4.78 is 24.7. The molecule has 0 spiro atoms. The molecule has 1 aromatic rings. The maximum Gasteiger partial charge on any atom is 0.194 e. The number of likely N-dealkylation sites (tertiary alicyclic amines) is 1. The summed E-state index contributed by atoms with van der Waals surface area (Å²) in [5.74, 6) is 0.499. The second-order valence-electron chi connectivity index (χ2n) is 7.42. The Morgan fingerprint density at radius 1 is 1.32 bits per heavy atom. The Morgan fingerprint density at radius 2 is 2.07 bits per heavy atom. The summed E-state index contributed by atoms with van der Waals surface area (Å²) in [7, 11) is 0. The number of aliphatic hydroxyl groups is 1. The summed E-state index contributed by atoms with van der Waals surface area (Å²) in [5.41, 5.74) is 0.669. The number of rotatable bonds is 7. The van der Waals surface area contributed by atoms with Crippen LogP contribution in [-0.4, -0.2) is 67.6 Å². The third kappa shape index (κ3) is 6.15. The molecule has 2 aliphatic heterocycles. The maximum atomic E-state index is 13.0. The Morgan fingerprint density at radius 3 is 2.71 bits per heavy atom. The minimum absolute atomic E-state index is 0.239. The molecule has 0 amide bonds. The highest BCUT2D eigenvalue weighted by atomic mass is 19.1. The summed E-state index contributed by atoms with van der Waals surface area (Å²) >= 11 is 0. The third-order valence-corrected chi connectivity index (χ3v) is 5.29. The number of aliphatic hydroxyl groups excluding tert-OH is 1. The molecule has 0 radical (unpaired) electrons. The lowest BCUT2D eigenvalue weighted by atomic mass is 10.1. The van der Waals surface area contributed by atoms with E-state index in [-0.39, 0.29) is 24.6 Å². The van der Waals surface area contributed by atoms with Gasteiger partial charge in [-0.2, -0.15) is 0 Å². The fourth-order valence-corrected chi connectivity index (χ4v) is 3.64. The largest absolute Gasteiger partial charge is 0.386 e. The van der Waals surface area contributed by atoms with Crippen molar-refractivity contribution < 1.29 is 19.0 Å². The molecule has 0 aromatic heterocycles. The Labute approximate surface area is 166 Å². The molecule has 2 N–H and O–H groups in total. The minimum Gasteiger partial charge on any atom is -0.386 e. The number of benzene rings is 1. The third-order valence-electron chi connectivity index (χ3n) is 5.29. The van der Waals surface area contributed by atoms with E-state index in [1.807, 2.05) is 6.92 Å². The zero-order valence-electron chi connectivity index (χ0n) is 16.6. The Balaban J connectivity index is 1.47. The highest BCUT2D eigenvalue weighted by Crippen LogP contribution is 2.18. The van der Waals surface area contributed by atoms with Crippen molar-refractivity contribution >= 4 is 5.96 Å². The van der Waals surface area contributed by atoms with E-state index in [1.54, 1.807) is 12.1 Å². The van der Waals surface area contributed by atoms with Gasteiger partial charge in [0.2, 0.25) is 0 Å². The van der Waals surface area contributed by atoms with Gasteiger partial charge in [0.05, 0.1) is 31.5 Å². The van der Waals surface area contributed by atoms with Crippen LogP contribution in [0.15, 0.2) is 29.3 Å². The number of nitrogens with one attached hydrogen (secondary N) is 1. The van der Waals surface area contributed by atoms with Crippen LogP contribution in [0, 0.1) is 5.82 Å². The van der Waals surface area contributed by atoms with Crippen molar-refractivity contribution in [2.24, 2.45) is 4.99 Å². The molecule has 1 aromatic carbocycles. The first-order chi connectivity index (χ1) is 13.7. The zero-order valence-corrected chi connectivity index (χ0v) is 16.6. The molecule has 6 nitrogen and oxygen atoms in total. The number of halogens is 1. The van der Waals surface area contributed by atoms with Gasteiger partial charge in [0.25, 0.3) is 0 Å². The van der Waals surface area contributed by atoms with Gasteiger partial charge < -0.3 is 24.8 Å². The summed E-state index contributed by atoms with van der Waals surface area (Å²) in [6, 6.07) is 5.91. The second kappa shape index (κ2) is 10.7. The van der Waals surface area contributed by atoms with Gasteiger partial charge in [-0.15, -0.1) is 0 Å². The maximum absolute atomic E-state index is 13.0. The molecule has 156 valence electrons. The molecule has 0 saturated carbocycles. The highest BCUT2D eigenvalue weighted by molar-refractivity contribution is 5.80. The van der Waals surface area contributed by atoms with E-state index in [1.165, 1.54) is 12.1 Å². The number of hydrogen-bond donors (Lipinski definition) is 2. The molecule has 3 rings (SSSR count). The van der Waals surface area contributed by atoms with Crippen molar-refractivity contribution in [1.29, 1.82) is 0 Å².